The molecule has 2 nitrogen and oxygen atoms in total. The Hall–Kier alpha value is -1.09. The highest BCUT2D eigenvalue weighted by atomic mass is 19.1. The van der Waals surface area contributed by atoms with Crippen LogP contribution in [0.2, 0.25) is 0 Å². The molecular formula is C10H13FN2. The lowest BCUT2D eigenvalue weighted by Crippen LogP contribution is -2.21. The lowest BCUT2D eigenvalue weighted by atomic mass is 10.1. The van der Waals surface area contributed by atoms with Crippen LogP contribution in [0.1, 0.15) is 11.6 Å². The van der Waals surface area contributed by atoms with Gasteiger partial charge in [-0.2, -0.15) is 0 Å². The third-order valence-corrected chi connectivity index (χ3v) is 2.50. The van der Waals surface area contributed by atoms with E-state index in [1.807, 2.05) is 20.2 Å². The molecular weight excluding hydrogens is 167 g/mol. The van der Waals surface area contributed by atoms with Crippen LogP contribution in [0, 0.1) is 5.82 Å². The van der Waals surface area contributed by atoms with Crippen LogP contribution >= 0.6 is 0 Å². The number of nitrogens with zero attached hydrogens (tertiary/aromatic N) is 1. The highest BCUT2D eigenvalue weighted by Gasteiger charge is 2.25. The summed E-state index contributed by atoms with van der Waals surface area (Å²) in [5, 5.41) is 3.08. The van der Waals surface area contributed by atoms with Gasteiger partial charge in [-0.25, -0.2) is 4.39 Å². The number of para-hydroxylation sites is 1. The first-order chi connectivity index (χ1) is 6.20. The van der Waals surface area contributed by atoms with E-state index in [1.165, 1.54) is 6.07 Å². The summed E-state index contributed by atoms with van der Waals surface area (Å²) in [7, 11) is 4.01. The zero-order chi connectivity index (χ0) is 9.42. The molecule has 70 valence electrons. The van der Waals surface area contributed by atoms with Gasteiger partial charge in [-0.3, -0.25) is 0 Å². The number of benzene rings is 1. The molecule has 1 aliphatic heterocycles. The zero-order valence-corrected chi connectivity index (χ0v) is 7.84. The molecule has 1 aliphatic rings. The van der Waals surface area contributed by atoms with Gasteiger partial charge in [0.1, 0.15) is 5.82 Å². The number of likely N-dealkylation sites (N-methyl/N-ethyl adjacent to an activating group) is 1. The molecule has 0 aromatic heterocycles. The standard InChI is InChI=1S/C10H13FN2/c1-13(2)9-6-12-10-7(9)4-3-5-8(10)11/h3-5,9,12H,6H2,1-2H3. The van der Waals surface area contributed by atoms with Crippen molar-refractivity contribution in [2.24, 2.45) is 0 Å². The smallest absolute Gasteiger partial charge is 0.146 e. The topological polar surface area (TPSA) is 15.3 Å². The molecule has 1 N–H and O–H groups in total. The molecule has 0 fully saturated rings. The summed E-state index contributed by atoms with van der Waals surface area (Å²) >= 11 is 0. The van der Waals surface area contributed by atoms with Crippen LogP contribution < -0.4 is 5.32 Å². The van der Waals surface area contributed by atoms with Crippen LogP contribution in [0.3, 0.4) is 0 Å². The molecule has 13 heavy (non-hydrogen) atoms. The molecule has 0 aliphatic carbocycles. The molecule has 1 aromatic rings. The fourth-order valence-electron chi connectivity index (χ4n) is 1.77. The molecule has 1 unspecified atom stereocenters. The number of anilines is 1. The van der Waals surface area contributed by atoms with E-state index in [0.717, 1.165) is 12.1 Å². The van der Waals surface area contributed by atoms with Crippen molar-refractivity contribution in [2.75, 3.05) is 26.0 Å². The summed E-state index contributed by atoms with van der Waals surface area (Å²) in [6.07, 6.45) is 0. The van der Waals surface area contributed by atoms with Gasteiger partial charge in [0.15, 0.2) is 0 Å². The van der Waals surface area contributed by atoms with E-state index in [4.69, 9.17) is 0 Å². The van der Waals surface area contributed by atoms with Gasteiger partial charge < -0.3 is 10.2 Å². The first kappa shape index (κ1) is 8.51. The molecule has 1 heterocycles. The number of hydrogen-bond donors (Lipinski definition) is 1. The molecule has 3 heteroatoms. The van der Waals surface area contributed by atoms with Crippen LogP contribution in [-0.4, -0.2) is 25.5 Å². The number of fused-ring (bicyclic) bond motifs is 1. The maximum Gasteiger partial charge on any atom is 0.146 e. The van der Waals surface area contributed by atoms with Crippen molar-refractivity contribution in [3.8, 4) is 0 Å². The van der Waals surface area contributed by atoms with Gasteiger partial charge in [0.05, 0.1) is 11.7 Å². The summed E-state index contributed by atoms with van der Waals surface area (Å²) in [4.78, 5) is 2.10. The van der Waals surface area contributed by atoms with Crippen molar-refractivity contribution in [2.45, 2.75) is 6.04 Å². The maximum atomic E-state index is 13.2. The largest absolute Gasteiger partial charge is 0.380 e. The first-order valence-corrected chi connectivity index (χ1v) is 4.39. The number of rotatable bonds is 1. The fraction of sp³-hybridized carbons (Fsp3) is 0.400. The van der Waals surface area contributed by atoms with E-state index in [1.54, 1.807) is 6.07 Å². The minimum Gasteiger partial charge on any atom is -0.380 e. The van der Waals surface area contributed by atoms with Crippen molar-refractivity contribution >= 4 is 5.69 Å². The van der Waals surface area contributed by atoms with E-state index >= 15 is 0 Å². The van der Waals surface area contributed by atoms with Crippen LogP contribution in [-0.2, 0) is 0 Å². The van der Waals surface area contributed by atoms with Crippen molar-refractivity contribution in [1.82, 2.24) is 4.90 Å². The van der Waals surface area contributed by atoms with Gasteiger partial charge in [-0.05, 0) is 25.7 Å². The molecule has 0 saturated carbocycles. The average molecular weight is 180 g/mol. The molecule has 1 atom stereocenters. The van der Waals surface area contributed by atoms with E-state index in [0.29, 0.717) is 11.7 Å². The normalized spacial score (nSPS) is 20.2. The average Bonchev–Trinajstić information content (AvgIpc) is 2.48. The Kier molecular flexibility index (Phi) is 1.96. The van der Waals surface area contributed by atoms with Gasteiger partial charge in [0, 0.05) is 6.54 Å². The van der Waals surface area contributed by atoms with Crippen molar-refractivity contribution < 1.29 is 4.39 Å². The summed E-state index contributed by atoms with van der Waals surface area (Å²) < 4.78 is 13.2. The predicted octanol–water partition coefficient (Wildman–Crippen LogP) is 1.85. The second-order valence-corrected chi connectivity index (χ2v) is 3.56. The lowest BCUT2D eigenvalue weighted by Gasteiger charge is -2.18. The fourth-order valence-corrected chi connectivity index (χ4v) is 1.77. The Morgan fingerprint density at radius 1 is 1.46 bits per heavy atom. The minimum absolute atomic E-state index is 0.151. The van der Waals surface area contributed by atoms with Crippen molar-refractivity contribution in [3.63, 3.8) is 0 Å². The molecule has 2 rings (SSSR count). The first-order valence-electron chi connectivity index (χ1n) is 4.39. The number of halogens is 1. The Morgan fingerprint density at radius 3 is 2.92 bits per heavy atom. The predicted molar refractivity (Wildman–Crippen MR) is 51.3 cm³/mol. The maximum absolute atomic E-state index is 13.2. The number of nitrogens with one attached hydrogen (secondary N) is 1. The Bertz CT molecular complexity index is 323. The lowest BCUT2D eigenvalue weighted by molar-refractivity contribution is 0.321. The van der Waals surface area contributed by atoms with Crippen molar-refractivity contribution in [1.29, 1.82) is 0 Å². The van der Waals surface area contributed by atoms with Gasteiger partial charge >= 0.3 is 0 Å². The van der Waals surface area contributed by atoms with Gasteiger partial charge in [-0.1, -0.05) is 12.1 Å². The van der Waals surface area contributed by atoms with Crippen LogP contribution in [0.4, 0.5) is 10.1 Å². The van der Waals surface area contributed by atoms with E-state index in [-0.39, 0.29) is 5.82 Å². The van der Waals surface area contributed by atoms with E-state index < -0.39 is 0 Å². The zero-order valence-electron chi connectivity index (χ0n) is 7.84. The summed E-state index contributed by atoms with van der Waals surface area (Å²) in [6.45, 7) is 0.795. The minimum atomic E-state index is -0.151. The SMILES string of the molecule is CN(C)C1CNc2c(F)cccc21. The Balaban J connectivity index is 2.43. The summed E-state index contributed by atoms with van der Waals surface area (Å²) in [6, 6.07) is 5.52. The number of hydrogen-bond acceptors (Lipinski definition) is 2. The van der Waals surface area contributed by atoms with E-state index in [2.05, 4.69) is 10.2 Å². The molecule has 0 spiro atoms. The van der Waals surface area contributed by atoms with Crippen LogP contribution in [0.25, 0.3) is 0 Å². The van der Waals surface area contributed by atoms with E-state index in [9.17, 15) is 4.39 Å². The third kappa shape index (κ3) is 1.29. The van der Waals surface area contributed by atoms with Gasteiger partial charge in [0.2, 0.25) is 0 Å². The third-order valence-electron chi connectivity index (χ3n) is 2.50. The van der Waals surface area contributed by atoms with Crippen molar-refractivity contribution in [3.05, 3.63) is 29.6 Å². The quantitative estimate of drug-likeness (QED) is 0.709. The second-order valence-electron chi connectivity index (χ2n) is 3.56. The van der Waals surface area contributed by atoms with Gasteiger partial charge in [0.25, 0.3) is 0 Å². The summed E-state index contributed by atoms with van der Waals surface area (Å²) in [5.41, 5.74) is 1.73. The summed E-state index contributed by atoms with van der Waals surface area (Å²) in [5.74, 6) is -0.151. The molecule has 0 saturated heterocycles. The van der Waals surface area contributed by atoms with Gasteiger partial charge in [-0.15, -0.1) is 0 Å². The van der Waals surface area contributed by atoms with Crippen LogP contribution in [0.5, 0.6) is 0 Å². The molecule has 0 amide bonds. The highest BCUT2D eigenvalue weighted by molar-refractivity contribution is 5.58. The Labute approximate surface area is 77.4 Å². The monoisotopic (exact) mass is 180 g/mol. The molecule has 0 radical (unpaired) electrons. The molecule has 0 bridgehead atoms. The highest BCUT2D eigenvalue weighted by Crippen LogP contribution is 2.33. The van der Waals surface area contributed by atoms with Crippen LogP contribution in [0.15, 0.2) is 18.2 Å². The molecule has 1 aromatic carbocycles. The Morgan fingerprint density at radius 2 is 2.23 bits per heavy atom. The second kappa shape index (κ2) is 3.00.